The second-order valence-corrected chi connectivity index (χ2v) is 9.56. The zero-order valence-electron chi connectivity index (χ0n) is 24.2. The topological polar surface area (TPSA) is 78.8 Å². The smallest absolute Gasteiger partial charge is 0.337 e. The number of hydrogen-bond acceptors (Lipinski definition) is 5. The molecular formula is C30H40FN5O3. The van der Waals surface area contributed by atoms with E-state index in [-0.39, 0.29) is 23.4 Å². The van der Waals surface area contributed by atoms with E-state index in [4.69, 9.17) is 9.47 Å². The molecule has 0 saturated carbocycles. The maximum Gasteiger partial charge on any atom is 0.337 e. The number of aliphatic imine (C=N–C) groups is 1. The average molecular weight is 538 g/mol. The number of allylic oxidation sites excluding steroid dienone is 1. The first-order valence-electron chi connectivity index (χ1n) is 13.3. The minimum Gasteiger partial charge on any atom is -0.493 e. The van der Waals surface area contributed by atoms with Crippen LogP contribution in [0.3, 0.4) is 0 Å². The first kappa shape index (κ1) is 29.7. The molecule has 8 nitrogen and oxygen atoms in total. The SMILES string of the molecule is CCC(C=CN=C(C)N(C)c1ccc(C2=NN(C(=O)NC)C(C)Cc3cc(OC)c(OC)c(F)c32)cc1)CC. The number of methoxy groups -OCH3 is 2. The molecule has 0 spiro atoms. The molecule has 1 aliphatic rings. The Labute approximate surface area is 231 Å². The van der Waals surface area contributed by atoms with Crippen LogP contribution < -0.4 is 19.7 Å². The number of hydrogen-bond donors (Lipinski definition) is 1. The highest BCUT2D eigenvalue weighted by Gasteiger charge is 2.31. The van der Waals surface area contributed by atoms with Crippen LogP contribution in [0.25, 0.3) is 0 Å². The van der Waals surface area contributed by atoms with Gasteiger partial charge in [-0.2, -0.15) is 5.10 Å². The number of carbonyl (C=O) groups is 1. The summed E-state index contributed by atoms with van der Waals surface area (Å²) in [6.45, 7) is 8.17. The molecule has 0 saturated heterocycles. The quantitative estimate of drug-likeness (QED) is 0.332. The number of carbonyl (C=O) groups excluding carboxylic acids is 1. The number of rotatable bonds is 8. The summed E-state index contributed by atoms with van der Waals surface area (Å²) in [5.74, 6) is 1.06. The van der Waals surface area contributed by atoms with Crippen LogP contribution in [0.1, 0.15) is 57.2 Å². The molecule has 1 atom stereocenters. The van der Waals surface area contributed by atoms with Gasteiger partial charge in [0.1, 0.15) is 11.5 Å². The molecule has 1 heterocycles. The number of anilines is 1. The average Bonchev–Trinajstić information content (AvgIpc) is 3.10. The lowest BCUT2D eigenvalue weighted by Crippen LogP contribution is -2.41. The Bertz CT molecular complexity index is 1250. The fourth-order valence-electron chi connectivity index (χ4n) is 4.59. The molecule has 1 unspecified atom stereocenters. The van der Waals surface area contributed by atoms with Gasteiger partial charge in [-0.05, 0) is 62.8 Å². The van der Waals surface area contributed by atoms with Crippen molar-refractivity contribution in [3.05, 3.63) is 65.1 Å². The van der Waals surface area contributed by atoms with Crippen LogP contribution in [0, 0.1) is 11.7 Å². The minimum absolute atomic E-state index is 0.00498. The Kier molecular flexibility index (Phi) is 10.1. The maximum atomic E-state index is 16.0. The molecule has 3 rings (SSSR count). The number of ether oxygens (including phenoxy) is 2. The molecule has 39 heavy (non-hydrogen) atoms. The third-order valence-electron chi connectivity index (χ3n) is 7.17. The molecule has 210 valence electrons. The van der Waals surface area contributed by atoms with Crippen molar-refractivity contribution in [1.82, 2.24) is 10.3 Å². The van der Waals surface area contributed by atoms with Crippen molar-refractivity contribution in [1.29, 1.82) is 0 Å². The van der Waals surface area contributed by atoms with E-state index in [0.717, 1.165) is 24.4 Å². The fourth-order valence-corrected chi connectivity index (χ4v) is 4.59. The van der Waals surface area contributed by atoms with Gasteiger partial charge in [0.25, 0.3) is 0 Å². The summed E-state index contributed by atoms with van der Waals surface area (Å²) in [6, 6.07) is 8.66. The molecule has 2 amide bonds. The van der Waals surface area contributed by atoms with Crippen molar-refractivity contribution in [2.45, 2.75) is 53.0 Å². The summed E-state index contributed by atoms with van der Waals surface area (Å²) in [7, 11) is 6.36. The van der Waals surface area contributed by atoms with E-state index in [0.29, 0.717) is 34.9 Å². The van der Waals surface area contributed by atoms with Gasteiger partial charge in [0.15, 0.2) is 17.3 Å². The lowest BCUT2D eigenvalue weighted by atomic mass is 9.93. The normalized spacial score (nSPS) is 15.6. The summed E-state index contributed by atoms with van der Waals surface area (Å²) < 4.78 is 26.7. The molecule has 0 fully saturated rings. The number of amidine groups is 1. The number of nitrogens with one attached hydrogen (secondary N) is 1. The first-order chi connectivity index (χ1) is 18.7. The van der Waals surface area contributed by atoms with Gasteiger partial charge in [-0.1, -0.05) is 32.1 Å². The van der Waals surface area contributed by atoms with Crippen molar-refractivity contribution >= 4 is 23.3 Å². The Morgan fingerprint density at radius 1 is 1.26 bits per heavy atom. The Hall–Kier alpha value is -3.88. The van der Waals surface area contributed by atoms with Crippen LogP contribution in [0.4, 0.5) is 14.9 Å². The number of benzene rings is 2. The van der Waals surface area contributed by atoms with Gasteiger partial charge in [-0.3, -0.25) is 0 Å². The maximum absolute atomic E-state index is 16.0. The van der Waals surface area contributed by atoms with E-state index in [1.807, 2.05) is 56.3 Å². The zero-order valence-corrected chi connectivity index (χ0v) is 24.2. The largest absolute Gasteiger partial charge is 0.493 e. The lowest BCUT2D eigenvalue weighted by molar-refractivity contribution is 0.184. The predicted octanol–water partition coefficient (Wildman–Crippen LogP) is 5.99. The number of nitrogens with zero attached hydrogens (tertiary/aromatic N) is 4. The highest BCUT2D eigenvalue weighted by Crippen LogP contribution is 2.38. The van der Waals surface area contributed by atoms with Crippen molar-refractivity contribution < 1.29 is 18.7 Å². The van der Waals surface area contributed by atoms with Crippen LogP contribution >= 0.6 is 0 Å². The molecule has 2 aromatic rings. The van der Waals surface area contributed by atoms with Crippen molar-refractivity contribution in [3.8, 4) is 11.5 Å². The highest BCUT2D eigenvalue weighted by molar-refractivity contribution is 6.15. The Balaban J connectivity index is 2.06. The van der Waals surface area contributed by atoms with Crippen LogP contribution in [-0.4, -0.2) is 56.9 Å². The lowest BCUT2D eigenvalue weighted by Gasteiger charge is -2.22. The minimum atomic E-state index is -0.579. The predicted molar refractivity (Wildman–Crippen MR) is 156 cm³/mol. The van der Waals surface area contributed by atoms with Gasteiger partial charge in [0.2, 0.25) is 0 Å². The molecule has 1 aliphatic heterocycles. The zero-order chi connectivity index (χ0) is 28.7. The molecule has 2 aromatic carbocycles. The molecular weight excluding hydrogens is 497 g/mol. The number of hydrazone groups is 1. The number of halogens is 1. The van der Waals surface area contributed by atoms with Gasteiger partial charge in [-0.25, -0.2) is 19.2 Å². The summed E-state index contributed by atoms with van der Waals surface area (Å²) in [4.78, 5) is 19.3. The second-order valence-electron chi connectivity index (χ2n) is 9.56. The van der Waals surface area contributed by atoms with E-state index in [2.05, 4.69) is 35.3 Å². The standard InChI is InChI=1S/C30H40FN5O3/c1-9-21(10-2)15-16-33-20(4)35(6)24-13-11-22(12-14-24)28-26-23(17-19(3)36(34-28)30(37)32-5)18-25(38-7)29(39-8)27(26)31/h11-16,18-19,21H,9-10,17H2,1-8H3,(H,32,37). The fraction of sp³-hybridized carbons (Fsp3) is 0.433. The summed E-state index contributed by atoms with van der Waals surface area (Å²) in [6.07, 6.45) is 6.56. The van der Waals surface area contributed by atoms with Crippen molar-refractivity contribution in [2.75, 3.05) is 33.2 Å². The second kappa shape index (κ2) is 13.3. The van der Waals surface area contributed by atoms with Crippen molar-refractivity contribution in [2.24, 2.45) is 16.0 Å². The van der Waals surface area contributed by atoms with Gasteiger partial charge < -0.3 is 19.7 Å². The molecule has 0 aromatic heterocycles. The van der Waals surface area contributed by atoms with Crippen LogP contribution in [0.15, 0.2) is 52.7 Å². The van der Waals surface area contributed by atoms with Gasteiger partial charge in [-0.15, -0.1) is 0 Å². The third kappa shape index (κ3) is 6.41. The van der Waals surface area contributed by atoms with Crippen LogP contribution in [-0.2, 0) is 6.42 Å². The highest BCUT2D eigenvalue weighted by atomic mass is 19.1. The monoisotopic (exact) mass is 537 g/mol. The first-order valence-corrected chi connectivity index (χ1v) is 13.3. The van der Waals surface area contributed by atoms with Crippen LogP contribution in [0.2, 0.25) is 0 Å². The molecule has 9 heteroatoms. The Morgan fingerprint density at radius 2 is 1.92 bits per heavy atom. The molecule has 0 radical (unpaired) electrons. The summed E-state index contributed by atoms with van der Waals surface area (Å²) in [5.41, 5.74) is 2.87. The van der Waals surface area contributed by atoms with E-state index in [1.165, 1.54) is 19.2 Å². The third-order valence-corrected chi connectivity index (χ3v) is 7.17. The van der Waals surface area contributed by atoms with Gasteiger partial charge >= 0.3 is 6.03 Å². The number of urea groups is 1. The number of fused-ring (bicyclic) bond motifs is 1. The van der Waals surface area contributed by atoms with E-state index >= 15 is 4.39 Å². The van der Waals surface area contributed by atoms with Crippen molar-refractivity contribution in [3.63, 3.8) is 0 Å². The Morgan fingerprint density at radius 3 is 2.49 bits per heavy atom. The van der Waals surface area contributed by atoms with Gasteiger partial charge in [0, 0.05) is 37.1 Å². The summed E-state index contributed by atoms with van der Waals surface area (Å²) in [5, 5.41) is 8.66. The van der Waals surface area contributed by atoms with E-state index in [9.17, 15) is 4.79 Å². The summed E-state index contributed by atoms with van der Waals surface area (Å²) >= 11 is 0. The molecule has 0 aliphatic carbocycles. The van der Waals surface area contributed by atoms with E-state index < -0.39 is 5.82 Å². The van der Waals surface area contributed by atoms with Crippen LogP contribution in [0.5, 0.6) is 11.5 Å². The van der Waals surface area contributed by atoms with Gasteiger partial charge in [0.05, 0.1) is 20.3 Å². The van der Waals surface area contributed by atoms with E-state index in [1.54, 1.807) is 13.1 Å². The molecule has 1 N–H and O–H groups in total. The molecule has 0 bridgehead atoms. The number of amides is 2.